The van der Waals surface area contributed by atoms with E-state index in [9.17, 15) is 15.0 Å². The Kier molecular flexibility index (Phi) is 4.04. The quantitative estimate of drug-likeness (QED) is 0.757. The van der Waals surface area contributed by atoms with Crippen LogP contribution in [0.3, 0.4) is 0 Å². The number of benzene rings is 2. The molecule has 2 N–H and O–H groups in total. The van der Waals surface area contributed by atoms with E-state index in [4.69, 9.17) is 13.9 Å². The van der Waals surface area contributed by atoms with Gasteiger partial charge in [0, 0.05) is 16.7 Å². The first-order chi connectivity index (χ1) is 11.9. The maximum absolute atomic E-state index is 12.9. The van der Waals surface area contributed by atoms with Gasteiger partial charge in [0.05, 0.1) is 14.2 Å². The molecule has 0 amide bonds. The molecule has 0 saturated heterocycles. The third kappa shape index (κ3) is 2.46. The van der Waals surface area contributed by atoms with E-state index in [1.807, 2.05) is 0 Å². The van der Waals surface area contributed by atoms with E-state index in [2.05, 4.69) is 0 Å². The summed E-state index contributed by atoms with van der Waals surface area (Å²) in [6.45, 7) is 3.15. The fourth-order valence-corrected chi connectivity index (χ4v) is 2.80. The van der Waals surface area contributed by atoms with Crippen LogP contribution >= 0.6 is 0 Å². The molecule has 0 unspecified atom stereocenters. The molecule has 0 atom stereocenters. The standard InChI is InChI=1S/C19H18O6/c1-9-14(20)10(2)17-13(15(9)21)16(22)19(24-4)18(25-17)11-5-7-12(23-3)8-6-11/h5-8,20-21H,1-4H3. The number of hydrogen-bond acceptors (Lipinski definition) is 6. The summed E-state index contributed by atoms with van der Waals surface area (Å²) in [5.74, 6) is 0.434. The summed E-state index contributed by atoms with van der Waals surface area (Å²) in [6.07, 6.45) is 0. The topological polar surface area (TPSA) is 89.1 Å². The monoisotopic (exact) mass is 342 g/mol. The molecule has 0 aliphatic carbocycles. The van der Waals surface area contributed by atoms with Crippen LogP contribution in [-0.2, 0) is 0 Å². The van der Waals surface area contributed by atoms with Crippen molar-refractivity contribution in [2.75, 3.05) is 14.2 Å². The largest absolute Gasteiger partial charge is 0.507 e. The zero-order valence-corrected chi connectivity index (χ0v) is 14.3. The zero-order valence-electron chi connectivity index (χ0n) is 14.3. The molecule has 0 spiro atoms. The summed E-state index contributed by atoms with van der Waals surface area (Å²) in [7, 11) is 2.92. The van der Waals surface area contributed by atoms with Crippen molar-refractivity contribution in [1.29, 1.82) is 0 Å². The molecule has 0 saturated carbocycles. The smallest absolute Gasteiger partial charge is 0.239 e. The van der Waals surface area contributed by atoms with Crippen LogP contribution in [0.4, 0.5) is 0 Å². The minimum Gasteiger partial charge on any atom is -0.507 e. The van der Waals surface area contributed by atoms with Gasteiger partial charge in [-0.05, 0) is 38.1 Å². The summed E-state index contributed by atoms with van der Waals surface area (Å²) in [6, 6.07) is 6.93. The first-order valence-corrected chi connectivity index (χ1v) is 7.61. The maximum atomic E-state index is 12.9. The molecule has 2 aromatic carbocycles. The van der Waals surface area contributed by atoms with Crippen molar-refractivity contribution in [3.63, 3.8) is 0 Å². The van der Waals surface area contributed by atoms with Gasteiger partial charge in [-0.25, -0.2) is 0 Å². The molecule has 3 aromatic rings. The first kappa shape index (κ1) is 16.7. The molecular formula is C19H18O6. The number of phenols is 2. The fraction of sp³-hybridized carbons (Fsp3) is 0.211. The van der Waals surface area contributed by atoms with Crippen molar-refractivity contribution < 1.29 is 24.1 Å². The maximum Gasteiger partial charge on any atom is 0.239 e. The average Bonchev–Trinajstić information content (AvgIpc) is 2.64. The Balaban J connectivity index is 2.42. The molecule has 25 heavy (non-hydrogen) atoms. The molecule has 1 aromatic heterocycles. The van der Waals surface area contributed by atoms with Crippen molar-refractivity contribution in [2.24, 2.45) is 0 Å². The van der Waals surface area contributed by atoms with Gasteiger partial charge >= 0.3 is 0 Å². The van der Waals surface area contributed by atoms with Crippen LogP contribution in [0.1, 0.15) is 11.1 Å². The van der Waals surface area contributed by atoms with E-state index >= 15 is 0 Å². The molecule has 0 aliphatic rings. The molecule has 0 aliphatic heterocycles. The second-order valence-electron chi connectivity index (χ2n) is 5.67. The Hall–Kier alpha value is -3.15. The summed E-state index contributed by atoms with van der Waals surface area (Å²) in [4.78, 5) is 12.9. The summed E-state index contributed by atoms with van der Waals surface area (Å²) in [5.41, 5.74) is 0.822. The molecular weight excluding hydrogens is 324 g/mol. The molecule has 6 nitrogen and oxygen atoms in total. The van der Waals surface area contributed by atoms with E-state index < -0.39 is 5.43 Å². The van der Waals surface area contributed by atoms with Crippen molar-refractivity contribution in [3.05, 3.63) is 45.6 Å². The van der Waals surface area contributed by atoms with Crippen molar-refractivity contribution in [3.8, 4) is 34.3 Å². The van der Waals surface area contributed by atoms with Crippen LogP contribution in [0.25, 0.3) is 22.3 Å². The highest BCUT2D eigenvalue weighted by atomic mass is 16.5. The summed E-state index contributed by atoms with van der Waals surface area (Å²) >= 11 is 0. The number of rotatable bonds is 3. The molecule has 130 valence electrons. The Morgan fingerprint density at radius 1 is 0.920 bits per heavy atom. The molecule has 3 rings (SSSR count). The van der Waals surface area contributed by atoms with Gasteiger partial charge < -0.3 is 24.1 Å². The van der Waals surface area contributed by atoms with Gasteiger partial charge in [-0.3, -0.25) is 4.79 Å². The molecule has 0 fully saturated rings. The average molecular weight is 342 g/mol. The highest BCUT2D eigenvalue weighted by molar-refractivity contribution is 5.92. The van der Waals surface area contributed by atoms with E-state index in [1.54, 1.807) is 38.3 Å². The van der Waals surface area contributed by atoms with Crippen LogP contribution in [0.15, 0.2) is 33.5 Å². The van der Waals surface area contributed by atoms with Gasteiger partial charge in [0.15, 0.2) is 5.76 Å². The first-order valence-electron chi connectivity index (χ1n) is 7.61. The minimum atomic E-state index is -0.502. The van der Waals surface area contributed by atoms with Gasteiger partial charge in [0.2, 0.25) is 11.2 Å². The lowest BCUT2D eigenvalue weighted by Crippen LogP contribution is -2.09. The van der Waals surface area contributed by atoms with Gasteiger partial charge in [0.1, 0.15) is 28.2 Å². The number of aromatic hydroxyl groups is 2. The van der Waals surface area contributed by atoms with Crippen LogP contribution in [0, 0.1) is 13.8 Å². The van der Waals surface area contributed by atoms with Gasteiger partial charge in [-0.2, -0.15) is 0 Å². The Morgan fingerprint density at radius 2 is 1.56 bits per heavy atom. The molecule has 0 bridgehead atoms. The van der Waals surface area contributed by atoms with E-state index in [0.717, 1.165) is 0 Å². The highest BCUT2D eigenvalue weighted by Gasteiger charge is 2.24. The van der Waals surface area contributed by atoms with E-state index in [-0.39, 0.29) is 39.5 Å². The van der Waals surface area contributed by atoms with Crippen LogP contribution in [0.2, 0.25) is 0 Å². The Labute approximate surface area is 143 Å². The number of fused-ring (bicyclic) bond motifs is 1. The lowest BCUT2D eigenvalue weighted by atomic mass is 10.0. The van der Waals surface area contributed by atoms with Gasteiger partial charge in [-0.15, -0.1) is 0 Å². The van der Waals surface area contributed by atoms with Crippen LogP contribution in [-0.4, -0.2) is 24.4 Å². The number of phenolic OH excluding ortho intramolecular Hbond substituents is 2. The van der Waals surface area contributed by atoms with Gasteiger partial charge in [0.25, 0.3) is 0 Å². The highest BCUT2D eigenvalue weighted by Crippen LogP contribution is 2.41. The number of ether oxygens (including phenoxy) is 2. The second-order valence-corrected chi connectivity index (χ2v) is 5.67. The Morgan fingerprint density at radius 3 is 2.12 bits per heavy atom. The minimum absolute atomic E-state index is 0.0121. The lowest BCUT2D eigenvalue weighted by Gasteiger charge is -2.14. The predicted octanol–water partition coefficient (Wildman–Crippen LogP) is 3.51. The molecule has 0 radical (unpaired) electrons. The van der Waals surface area contributed by atoms with Crippen molar-refractivity contribution >= 4 is 11.0 Å². The Bertz CT molecular complexity index is 1020. The zero-order chi connectivity index (χ0) is 18.3. The van der Waals surface area contributed by atoms with Crippen LogP contribution in [0.5, 0.6) is 23.0 Å². The molecule has 1 heterocycles. The SMILES string of the molecule is COc1ccc(-c2oc3c(C)c(O)c(C)c(O)c3c(=O)c2OC)cc1. The molecule has 6 heteroatoms. The normalized spacial score (nSPS) is 10.9. The number of aryl methyl sites for hydroxylation is 1. The second kappa shape index (κ2) is 6.05. The summed E-state index contributed by atoms with van der Waals surface area (Å²) in [5, 5.41) is 20.5. The van der Waals surface area contributed by atoms with Crippen molar-refractivity contribution in [1.82, 2.24) is 0 Å². The number of hydrogen-bond donors (Lipinski definition) is 2. The third-order valence-corrected chi connectivity index (χ3v) is 4.27. The van der Waals surface area contributed by atoms with E-state index in [0.29, 0.717) is 16.9 Å². The summed E-state index contributed by atoms with van der Waals surface area (Å²) < 4.78 is 16.3. The lowest BCUT2D eigenvalue weighted by molar-refractivity contribution is 0.396. The van der Waals surface area contributed by atoms with Gasteiger partial charge in [-0.1, -0.05) is 0 Å². The fourth-order valence-electron chi connectivity index (χ4n) is 2.80. The van der Waals surface area contributed by atoms with Crippen molar-refractivity contribution in [2.45, 2.75) is 13.8 Å². The third-order valence-electron chi connectivity index (χ3n) is 4.27. The van der Waals surface area contributed by atoms with Crippen LogP contribution < -0.4 is 14.9 Å². The van der Waals surface area contributed by atoms with E-state index in [1.165, 1.54) is 14.0 Å². The number of methoxy groups -OCH3 is 2. The predicted molar refractivity (Wildman–Crippen MR) is 93.8 cm³/mol.